The van der Waals surface area contributed by atoms with Crippen LogP contribution < -0.4 is 5.32 Å². The van der Waals surface area contributed by atoms with Gasteiger partial charge in [0.05, 0.1) is 5.69 Å². The van der Waals surface area contributed by atoms with Crippen molar-refractivity contribution >= 4 is 11.9 Å². The third-order valence-electron chi connectivity index (χ3n) is 2.90. The van der Waals surface area contributed by atoms with Crippen molar-refractivity contribution in [3.63, 3.8) is 0 Å². The van der Waals surface area contributed by atoms with Crippen molar-refractivity contribution in [3.8, 4) is 5.69 Å². The summed E-state index contributed by atoms with van der Waals surface area (Å²) in [5.74, 6) is -1.42. The molecule has 22 heavy (non-hydrogen) atoms. The van der Waals surface area contributed by atoms with Gasteiger partial charge >= 0.3 is 5.97 Å². The van der Waals surface area contributed by atoms with Crippen molar-refractivity contribution in [2.45, 2.75) is 6.42 Å². The molecule has 2 aromatic rings. The Labute approximate surface area is 127 Å². The average Bonchev–Trinajstić information content (AvgIpc) is 3.02. The zero-order valence-electron chi connectivity index (χ0n) is 11.9. The molecule has 0 saturated carbocycles. The van der Waals surface area contributed by atoms with Crippen LogP contribution in [0.4, 0.5) is 0 Å². The van der Waals surface area contributed by atoms with E-state index in [9.17, 15) is 9.59 Å². The van der Waals surface area contributed by atoms with Gasteiger partial charge in [-0.1, -0.05) is 12.1 Å². The Morgan fingerprint density at radius 2 is 2.00 bits per heavy atom. The third-order valence-corrected chi connectivity index (χ3v) is 2.90. The summed E-state index contributed by atoms with van der Waals surface area (Å²) in [6.45, 7) is -0.247. The molecule has 0 saturated heterocycles. The Morgan fingerprint density at radius 1 is 1.23 bits per heavy atom. The molecule has 2 rings (SSSR count). The van der Waals surface area contributed by atoms with E-state index in [0.29, 0.717) is 13.0 Å². The van der Waals surface area contributed by atoms with E-state index in [1.807, 2.05) is 36.5 Å². The number of rotatable bonds is 8. The number of benzene rings is 1. The summed E-state index contributed by atoms with van der Waals surface area (Å²) in [4.78, 5) is 21.6. The second-order valence-corrected chi connectivity index (χ2v) is 4.60. The molecule has 0 fully saturated rings. The molecule has 116 valence electrons. The van der Waals surface area contributed by atoms with E-state index in [1.165, 1.54) is 0 Å². The molecule has 1 amide bonds. The van der Waals surface area contributed by atoms with E-state index in [-0.39, 0.29) is 12.5 Å². The van der Waals surface area contributed by atoms with Gasteiger partial charge < -0.3 is 15.2 Å². The molecule has 0 aliphatic carbocycles. The number of nitrogens with zero attached hydrogens (tertiary/aromatic N) is 2. The number of carboxylic acids is 1. The number of ether oxygens (including phenoxy) is 1. The first-order valence-corrected chi connectivity index (χ1v) is 6.80. The highest BCUT2D eigenvalue weighted by atomic mass is 16.5. The van der Waals surface area contributed by atoms with Gasteiger partial charge in [0, 0.05) is 18.9 Å². The number of aliphatic carboxylic acids is 1. The summed E-state index contributed by atoms with van der Waals surface area (Å²) < 4.78 is 6.46. The number of hydrogen-bond acceptors (Lipinski definition) is 4. The zero-order chi connectivity index (χ0) is 15.8. The molecule has 7 heteroatoms. The first-order chi connectivity index (χ1) is 10.6. The van der Waals surface area contributed by atoms with Crippen molar-refractivity contribution in [2.75, 3.05) is 19.8 Å². The number of hydrogen-bond donors (Lipinski definition) is 2. The molecule has 7 nitrogen and oxygen atoms in total. The second kappa shape index (κ2) is 7.94. The minimum Gasteiger partial charge on any atom is -0.480 e. The van der Waals surface area contributed by atoms with Crippen LogP contribution in [0, 0.1) is 0 Å². The number of carboxylic acid groups (broad SMARTS) is 1. The topological polar surface area (TPSA) is 93.5 Å². The van der Waals surface area contributed by atoms with Crippen LogP contribution in [0.5, 0.6) is 0 Å². The van der Waals surface area contributed by atoms with Crippen LogP contribution in [0.3, 0.4) is 0 Å². The van der Waals surface area contributed by atoms with Crippen molar-refractivity contribution in [3.05, 3.63) is 48.3 Å². The highest BCUT2D eigenvalue weighted by Gasteiger charge is 2.03. The van der Waals surface area contributed by atoms with Gasteiger partial charge in [-0.3, -0.25) is 4.79 Å². The largest absolute Gasteiger partial charge is 0.480 e. The maximum atomic E-state index is 11.4. The van der Waals surface area contributed by atoms with Crippen LogP contribution in [-0.2, 0) is 20.7 Å². The number of amides is 1. The predicted octanol–water partition coefficient (Wildman–Crippen LogP) is 0.632. The lowest BCUT2D eigenvalue weighted by molar-refractivity contribution is -0.143. The summed E-state index contributed by atoms with van der Waals surface area (Å²) in [5.41, 5.74) is 2.06. The lowest BCUT2D eigenvalue weighted by Crippen LogP contribution is -2.30. The summed E-state index contributed by atoms with van der Waals surface area (Å²) in [7, 11) is 0. The molecular weight excluding hydrogens is 286 g/mol. The Hall–Kier alpha value is -2.67. The standard InChI is InChI=1S/C15H17N3O4/c19-14(10-22-11-15(20)21)16-8-6-12-2-4-13(5-3-12)18-9-1-7-17-18/h1-5,7,9H,6,8,10-11H2,(H,16,19)(H,20,21). The van der Waals surface area contributed by atoms with Gasteiger partial charge in [0.15, 0.2) is 0 Å². The first kappa shape index (κ1) is 15.7. The van der Waals surface area contributed by atoms with Gasteiger partial charge in [0.2, 0.25) is 5.91 Å². The molecule has 1 aromatic heterocycles. The van der Waals surface area contributed by atoms with E-state index in [2.05, 4.69) is 10.4 Å². The molecule has 0 aliphatic rings. The minimum absolute atomic E-state index is 0.245. The highest BCUT2D eigenvalue weighted by molar-refractivity contribution is 5.77. The van der Waals surface area contributed by atoms with Gasteiger partial charge in [-0.15, -0.1) is 0 Å². The van der Waals surface area contributed by atoms with Gasteiger partial charge in [-0.25, -0.2) is 9.48 Å². The fourth-order valence-corrected chi connectivity index (χ4v) is 1.87. The average molecular weight is 303 g/mol. The van der Waals surface area contributed by atoms with Crippen LogP contribution in [0.1, 0.15) is 5.56 Å². The number of carbonyl (C=O) groups is 2. The van der Waals surface area contributed by atoms with Crippen LogP contribution in [-0.4, -0.2) is 46.5 Å². The van der Waals surface area contributed by atoms with Crippen molar-refractivity contribution in [2.24, 2.45) is 0 Å². The third kappa shape index (κ3) is 5.02. The van der Waals surface area contributed by atoms with E-state index in [4.69, 9.17) is 9.84 Å². The van der Waals surface area contributed by atoms with Gasteiger partial charge in [-0.05, 0) is 30.2 Å². The molecule has 0 unspecified atom stereocenters. The number of carbonyl (C=O) groups excluding carboxylic acids is 1. The molecular formula is C15H17N3O4. The molecule has 0 spiro atoms. The Morgan fingerprint density at radius 3 is 2.64 bits per heavy atom. The lowest BCUT2D eigenvalue weighted by Gasteiger charge is -2.06. The summed E-state index contributed by atoms with van der Waals surface area (Å²) in [6, 6.07) is 9.73. The van der Waals surface area contributed by atoms with Crippen molar-refractivity contribution in [1.82, 2.24) is 15.1 Å². The monoisotopic (exact) mass is 303 g/mol. The normalized spacial score (nSPS) is 10.4. The molecule has 0 atom stereocenters. The van der Waals surface area contributed by atoms with Crippen molar-refractivity contribution in [1.29, 1.82) is 0 Å². The van der Waals surface area contributed by atoms with Gasteiger partial charge in [-0.2, -0.15) is 5.10 Å². The highest BCUT2D eigenvalue weighted by Crippen LogP contribution is 2.08. The van der Waals surface area contributed by atoms with E-state index in [1.54, 1.807) is 10.9 Å². The molecule has 1 aromatic carbocycles. The summed E-state index contributed by atoms with van der Waals surface area (Å²) in [5, 5.41) is 15.2. The van der Waals surface area contributed by atoms with E-state index in [0.717, 1.165) is 11.3 Å². The fraction of sp³-hybridized carbons (Fsp3) is 0.267. The maximum absolute atomic E-state index is 11.4. The SMILES string of the molecule is O=C(O)COCC(=O)NCCc1ccc(-n2cccn2)cc1. The van der Waals surface area contributed by atoms with Crippen LogP contribution >= 0.6 is 0 Å². The number of nitrogens with one attached hydrogen (secondary N) is 1. The lowest BCUT2D eigenvalue weighted by atomic mass is 10.1. The first-order valence-electron chi connectivity index (χ1n) is 6.80. The quantitative estimate of drug-likeness (QED) is 0.746. The van der Waals surface area contributed by atoms with Crippen LogP contribution in [0.2, 0.25) is 0 Å². The summed E-state index contributed by atoms with van der Waals surface area (Å²) in [6.07, 6.45) is 4.27. The maximum Gasteiger partial charge on any atom is 0.329 e. The minimum atomic E-state index is -1.09. The predicted molar refractivity (Wildman–Crippen MR) is 78.7 cm³/mol. The van der Waals surface area contributed by atoms with Crippen molar-refractivity contribution < 1.29 is 19.4 Å². The molecule has 0 aliphatic heterocycles. The van der Waals surface area contributed by atoms with E-state index >= 15 is 0 Å². The molecule has 0 radical (unpaired) electrons. The Bertz CT molecular complexity index is 608. The molecule has 2 N–H and O–H groups in total. The Balaban J connectivity index is 1.71. The van der Waals surface area contributed by atoms with E-state index < -0.39 is 12.6 Å². The smallest absolute Gasteiger partial charge is 0.329 e. The molecule has 1 heterocycles. The van der Waals surface area contributed by atoms with Gasteiger partial charge in [0.25, 0.3) is 0 Å². The van der Waals surface area contributed by atoms with Gasteiger partial charge in [0.1, 0.15) is 13.2 Å². The summed E-state index contributed by atoms with van der Waals surface area (Å²) >= 11 is 0. The van der Waals surface area contributed by atoms with Crippen LogP contribution in [0.25, 0.3) is 5.69 Å². The molecule has 0 bridgehead atoms. The fourth-order valence-electron chi connectivity index (χ4n) is 1.87. The zero-order valence-corrected chi connectivity index (χ0v) is 11.9. The number of aromatic nitrogens is 2. The second-order valence-electron chi connectivity index (χ2n) is 4.60. The Kier molecular flexibility index (Phi) is 5.67. The van der Waals surface area contributed by atoms with Crippen LogP contribution in [0.15, 0.2) is 42.7 Å².